The van der Waals surface area contributed by atoms with Crippen LogP contribution in [0.2, 0.25) is 5.15 Å². The van der Waals surface area contributed by atoms with E-state index < -0.39 is 0 Å². The molecule has 7 heteroatoms. The van der Waals surface area contributed by atoms with Gasteiger partial charge in [-0.3, -0.25) is 0 Å². The molecule has 1 unspecified atom stereocenters. The SMILES string of the molecule is Cc1c(Cl)nc2ncnn2c1N1CCCC(N(C)C)C1. The lowest BCUT2D eigenvalue weighted by atomic mass is 10.0. The number of aromatic nitrogens is 4. The molecule has 3 heterocycles. The molecule has 2 aromatic heterocycles. The van der Waals surface area contributed by atoms with Crippen LogP contribution in [-0.2, 0) is 0 Å². The summed E-state index contributed by atoms with van der Waals surface area (Å²) in [6.45, 7) is 3.98. The first-order chi connectivity index (χ1) is 9.58. The number of nitrogens with zero attached hydrogens (tertiary/aromatic N) is 6. The van der Waals surface area contributed by atoms with Crippen LogP contribution in [0.15, 0.2) is 6.33 Å². The molecule has 2 aromatic rings. The summed E-state index contributed by atoms with van der Waals surface area (Å²) < 4.78 is 1.79. The second kappa shape index (κ2) is 5.18. The molecule has 1 aliphatic heterocycles. The summed E-state index contributed by atoms with van der Waals surface area (Å²) in [7, 11) is 4.26. The van der Waals surface area contributed by atoms with Gasteiger partial charge in [-0.1, -0.05) is 11.6 Å². The summed E-state index contributed by atoms with van der Waals surface area (Å²) in [5.41, 5.74) is 0.962. The number of anilines is 1. The molecule has 1 atom stereocenters. The van der Waals surface area contributed by atoms with Crippen molar-refractivity contribution in [2.24, 2.45) is 0 Å². The molecule has 0 N–H and O–H groups in total. The van der Waals surface area contributed by atoms with Crippen molar-refractivity contribution in [2.45, 2.75) is 25.8 Å². The Labute approximate surface area is 123 Å². The van der Waals surface area contributed by atoms with E-state index in [1.54, 1.807) is 4.52 Å². The Balaban J connectivity index is 2.04. The predicted molar refractivity (Wildman–Crippen MR) is 79.5 cm³/mol. The van der Waals surface area contributed by atoms with E-state index in [2.05, 4.69) is 39.0 Å². The topological polar surface area (TPSA) is 49.6 Å². The van der Waals surface area contributed by atoms with Gasteiger partial charge in [-0.15, -0.1) is 0 Å². The van der Waals surface area contributed by atoms with E-state index in [0.29, 0.717) is 17.0 Å². The van der Waals surface area contributed by atoms with E-state index in [1.165, 1.54) is 19.2 Å². The molecular formula is C13H19ClN6. The number of likely N-dealkylation sites (N-methyl/N-ethyl adjacent to an activating group) is 1. The standard InChI is InChI=1S/C13H19ClN6/c1-9-11(14)17-13-15-8-16-20(13)12(9)19-6-4-5-10(7-19)18(2)3/h8,10H,4-7H2,1-3H3. The first-order valence-electron chi connectivity index (χ1n) is 6.85. The maximum absolute atomic E-state index is 6.24. The fraction of sp³-hybridized carbons (Fsp3) is 0.615. The second-order valence-corrected chi connectivity index (χ2v) is 5.89. The molecule has 0 spiro atoms. The van der Waals surface area contributed by atoms with Gasteiger partial charge in [0.25, 0.3) is 5.78 Å². The molecule has 1 aliphatic rings. The fourth-order valence-electron chi connectivity index (χ4n) is 2.82. The highest BCUT2D eigenvalue weighted by molar-refractivity contribution is 6.30. The molecule has 0 saturated carbocycles. The van der Waals surface area contributed by atoms with Gasteiger partial charge in [-0.05, 0) is 33.9 Å². The predicted octanol–water partition coefficient (Wildman–Crippen LogP) is 1.62. The smallest absolute Gasteiger partial charge is 0.255 e. The number of fused-ring (bicyclic) bond motifs is 1. The summed E-state index contributed by atoms with van der Waals surface area (Å²) >= 11 is 6.24. The number of piperidine rings is 1. The molecule has 0 bridgehead atoms. The quantitative estimate of drug-likeness (QED) is 0.788. The summed E-state index contributed by atoms with van der Waals surface area (Å²) in [4.78, 5) is 13.0. The Bertz CT molecular complexity index is 623. The Morgan fingerprint density at radius 3 is 2.95 bits per heavy atom. The van der Waals surface area contributed by atoms with Gasteiger partial charge in [0.15, 0.2) is 0 Å². The summed E-state index contributed by atoms with van der Waals surface area (Å²) in [6, 6.07) is 0.550. The van der Waals surface area contributed by atoms with Crippen LogP contribution in [-0.4, -0.2) is 57.7 Å². The normalized spacial score (nSPS) is 20.1. The lowest BCUT2D eigenvalue weighted by Gasteiger charge is -2.37. The van der Waals surface area contributed by atoms with Crippen molar-refractivity contribution in [3.8, 4) is 0 Å². The maximum atomic E-state index is 6.24. The van der Waals surface area contributed by atoms with Crippen molar-refractivity contribution in [2.75, 3.05) is 32.1 Å². The highest BCUT2D eigenvalue weighted by Gasteiger charge is 2.25. The average Bonchev–Trinajstić information content (AvgIpc) is 2.87. The number of hydrogen-bond donors (Lipinski definition) is 0. The molecule has 1 fully saturated rings. The zero-order valence-electron chi connectivity index (χ0n) is 12.0. The van der Waals surface area contributed by atoms with Crippen molar-refractivity contribution in [3.63, 3.8) is 0 Å². The van der Waals surface area contributed by atoms with E-state index in [4.69, 9.17) is 11.6 Å². The Kier molecular flexibility index (Phi) is 3.52. The van der Waals surface area contributed by atoms with E-state index in [0.717, 1.165) is 24.5 Å². The van der Waals surface area contributed by atoms with Gasteiger partial charge in [-0.25, -0.2) is 0 Å². The summed E-state index contributed by atoms with van der Waals surface area (Å²) in [5.74, 6) is 1.58. The highest BCUT2D eigenvalue weighted by Crippen LogP contribution is 2.28. The summed E-state index contributed by atoms with van der Waals surface area (Å²) in [6.07, 6.45) is 3.91. The van der Waals surface area contributed by atoms with Crippen molar-refractivity contribution >= 4 is 23.2 Å². The maximum Gasteiger partial charge on any atom is 0.255 e. The van der Waals surface area contributed by atoms with E-state index in [1.807, 2.05) is 6.92 Å². The number of hydrogen-bond acceptors (Lipinski definition) is 5. The molecule has 20 heavy (non-hydrogen) atoms. The van der Waals surface area contributed by atoms with Gasteiger partial charge >= 0.3 is 0 Å². The van der Waals surface area contributed by atoms with Crippen LogP contribution in [0.3, 0.4) is 0 Å². The van der Waals surface area contributed by atoms with Gasteiger partial charge in [0.2, 0.25) is 0 Å². The van der Waals surface area contributed by atoms with Crippen LogP contribution in [0.25, 0.3) is 5.78 Å². The van der Waals surface area contributed by atoms with E-state index in [9.17, 15) is 0 Å². The zero-order chi connectivity index (χ0) is 14.3. The minimum atomic E-state index is 0.507. The Hall–Kier alpha value is -1.40. The van der Waals surface area contributed by atoms with Crippen LogP contribution in [0.5, 0.6) is 0 Å². The average molecular weight is 295 g/mol. The fourth-order valence-corrected chi connectivity index (χ4v) is 2.98. The molecule has 0 aliphatic carbocycles. The van der Waals surface area contributed by atoms with Crippen LogP contribution < -0.4 is 4.90 Å². The Morgan fingerprint density at radius 1 is 1.40 bits per heavy atom. The zero-order valence-corrected chi connectivity index (χ0v) is 12.8. The molecule has 3 rings (SSSR count). The minimum Gasteiger partial charge on any atom is -0.355 e. The van der Waals surface area contributed by atoms with Crippen LogP contribution in [0.1, 0.15) is 18.4 Å². The summed E-state index contributed by atoms with van der Waals surface area (Å²) in [5, 5.41) is 4.80. The molecule has 108 valence electrons. The highest BCUT2D eigenvalue weighted by atomic mass is 35.5. The van der Waals surface area contributed by atoms with Crippen molar-refractivity contribution in [1.82, 2.24) is 24.5 Å². The van der Waals surface area contributed by atoms with Crippen molar-refractivity contribution < 1.29 is 0 Å². The largest absolute Gasteiger partial charge is 0.355 e. The molecule has 6 nitrogen and oxygen atoms in total. The van der Waals surface area contributed by atoms with Crippen LogP contribution >= 0.6 is 11.6 Å². The number of halogens is 1. The second-order valence-electron chi connectivity index (χ2n) is 5.53. The van der Waals surface area contributed by atoms with Gasteiger partial charge in [0.05, 0.1) is 0 Å². The first-order valence-corrected chi connectivity index (χ1v) is 7.23. The van der Waals surface area contributed by atoms with E-state index >= 15 is 0 Å². The monoisotopic (exact) mass is 294 g/mol. The van der Waals surface area contributed by atoms with Gasteiger partial charge in [0.1, 0.15) is 17.3 Å². The lowest BCUT2D eigenvalue weighted by molar-refractivity contribution is 0.257. The van der Waals surface area contributed by atoms with Crippen molar-refractivity contribution in [1.29, 1.82) is 0 Å². The van der Waals surface area contributed by atoms with Crippen LogP contribution in [0.4, 0.5) is 5.82 Å². The van der Waals surface area contributed by atoms with Gasteiger partial charge in [-0.2, -0.15) is 19.6 Å². The van der Waals surface area contributed by atoms with Gasteiger partial charge in [0, 0.05) is 24.7 Å². The van der Waals surface area contributed by atoms with Gasteiger partial charge < -0.3 is 9.80 Å². The van der Waals surface area contributed by atoms with Crippen molar-refractivity contribution in [3.05, 3.63) is 17.0 Å². The third-order valence-electron chi connectivity index (χ3n) is 4.00. The van der Waals surface area contributed by atoms with Crippen LogP contribution in [0, 0.1) is 6.92 Å². The molecule has 0 aromatic carbocycles. The molecule has 0 amide bonds. The third kappa shape index (κ3) is 2.23. The van der Waals surface area contributed by atoms with E-state index in [-0.39, 0.29) is 0 Å². The molecule has 0 radical (unpaired) electrons. The third-order valence-corrected chi connectivity index (χ3v) is 4.37. The first kappa shape index (κ1) is 13.6. The minimum absolute atomic E-state index is 0.507. The molecule has 1 saturated heterocycles. The Morgan fingerprint density at radius 2 is 2.20 bits per heavy atom. The lowest BCUT2D eigenvalue weighted by Crippen LogP contribution is -2.46. The number of rotatable bonds is 2. The molecular weight excluding hydrogens is 276 g/mol.